The minimum atomic E-state index is 0.0610. The third-order valence-corrected chi connectivity index (χ3v) is 4.75. The number of benzene rings is 1. The van der Waals surface area contributed by atoms with E-state index in [1.165, 1.54) is 25.7 Å². The summed E-state index contributed by atoms with van der Waals surface area (Å²) in [6.07, 6.45) is 7.22. The molecule has 0 atom stereocenters. The number of anilines is 1. The van der Waals surface area contributed by atoms with E-state index in [1.54, 1.807) is 0 Å². The number of amides is 1. The Morgan fingerprint density at radius 2 is 1.81 bits per heavy atom. The van der Waals surface area contributed by atoms with E-state index in [4.69, 9.17) is 0 Å². The maximum absolute atomic E-state index is 12.1. The zero-order valence-electron chi connectivity index (χ0n) is 13.1. The highest BCUT2D eigenvalue weighted by molar-refractivity contribution is 5.95. The number of hydrogen-bond donors (Lipinski definition) is 2. The van der Waals surface area contributed by atoms with Crippen molar-refractivity contribution in [3.8, 4) is 0 Å². The van der Waals surface area contributed by atoms with E-state index in [0.29, 0.717) is 17.5 Å². The van der Waals surface area contributed by atoms with Crippen molar-refractivity contribution in [2.75, 3.05) is 5.32 Å². The standard InChI is InChI=1S/C18H26N2O/c1-18(2)10-8-15(9-11-18)19-16-5-3-4-13(12-16)17(21)20-14-6-7-14/h3-5,12,14-15,19H,6-11H2,1-2H3,(H,20,21). The minimum Gasteiger partial charge on any atom is -0.382 e. The van der Waals surface area contributed by atoms with Gasteiger partial charge in [0.25, 0.3) is 5.91 Å². The average Bonchev–Trinajstić information content (AvgIpc) is 3.25. The van der Waals surface area contributed by atoms with Gasteiger partial charge in [0.1, 0.15) is 0 Å². The van der Waals surface area contributed by atoms with Gasteiger partial charge >= 0.3 is 0 Å². The molecule has 2 saturated carbocycles. The molecule has 3 heteroatoms. The van der Waals surface area contributed by atoms with E-state index in [2.05, 4.69) is 30.5 Å². The van der Waals surface area contributed by atoms with E-state index in [9.17, 15) is 4.79 Å². The van der Waals surface area contributed by atoms with Crippen LogP contribution in [0.1, 0.15) is 62.7 Å². The Labute approximate surface area is 127 Å². The molecule has 3 rings (SSSR count). The van der Waals surface area contributed by atoms with Crippen LogP contribution < -0.4 is 10.6 Å². The summed E-state index contributed by atoms with van der Waals surface area (Å²) in [6.45, 7) is 4.71. The Morgan fingerprint density at radius 1 is 1.10 bits per heavy atom. The van der Waals surface area contributed by atoms with E-state index in [-0.39, 0.29) is 5.91 Å². The summed E-state index contributed by atoms with van der Waals surface area (Å²) >= 11 is 0. The number of hydrogen-bond acceptors (Lipinski definition) is 2. The second-order valence-corrected chi connectivity index (χ2v) is 7.41. The first-order chi connectivity index (χ1) is 10.0. The molecule has 2 aliphatic rings. The van der Waals surface area contributed by atoms with Crippen molar-refractivity contribution in [1.29, 1.82) is 0 Å². The smallest absolute Gasteiger partial charge is 0.251 e. The fraction of sp³-hybridized carbons (Fsp3) is 0.611. The zero-order chi connectivity index (χ0) is 14.9. The zero-order valence-corrected chi connectivity index (χ0v) is 13.1. The lowest BCUT2D eigenvalue weighted by Gasteiger charge is -2.35. The fourth-order valence-corrected chi connectivity index (χ4v) is 3.03. The first-order valence-corrected chi connectivity index (χ1v) is 8.19. The molecule has 0 aromatic heterocycles. The largest absolute Gasteiger partial charge is 0.382 e. The molecule has 21 heavy (non-hydrogen) atoms. The molecule has 3 nitrogen and oxygen atoms in total. The van der Waals surface area contributed by atoms with Crippen molar-refractivity contribution in [3.63, 3.8) is 0 Å². The van der Waals surface area contributed by atoms with Crippen molar-refractivity contribution < 1.29 is 4.79 Å². The van der Waals surface area contributed by atoms with Gasteiger partial charge < -0.3 is 10.6 Å². The van der Waals surface area contributed by atoms with Crippen LogP contribution >= 0.6 is 0 Å². The first-order valence-electron chi connectivity index (χ1n) is 8.19. The maximum Gasteiger partial charge on any atom is 0.251 e. The van der Waals surface area contributed by atoms with Gasteiger partial charge in [-0.05, 0) is 62.1 Å². The highest BCUT2D eigenvalue weighted by Crippen LogP contribution is 2.36. The maximum atomic E-state index is 12.1. The van der Waals surface area contributed by atoms with Gasteiger partial charge in [-0.25, -0.2) is 0 Å². The molecular weight excluding hydrogens is 260 g/mol. The molecule has 1 aromatic carbocycles. The van der Waals surface area contributed by atoms with Crippen LogP contribution in [0.2, 0.25) is 0 Å². The summed E-state index contributed by atoms with van der Waals surface area (Å²) in [7, 11) is 0. The Bertz CT molecular complexity index is 510. The highest BCUT2D eigenvalue weighted by Gasteiger charge is 2.27. The molecule has 0 radical (unpaired) electrons. The lowest BCUT2D eigenvalue weighted by atomic mass is 9.75. The van der Waals surface area contributed by atoms with Gasteiger partial charge in [0.2, 0.25) is 0 Å². The summed E-state index contributed by atoms with van der Waals surface area (Å²) in [5, 5.41) is 6.65. The van der Waals surface area contributed by atoms with Crippen molar-refractivity contribution in [2.24, 2.45) is 5.41 Å². The average molecular weight is 286 g/mol. The van der Waals surface area contributed by atoms with E-state index in [0.717, 1.165) is 24.1 Å². The molecule has 2 aliphatic carbocycles. The van der Waals surface area contributed by atoms with Crippen LogP contribution in [0.5, 0.6) is 0 Å². The molecule has 2 N–H and O–H groups in total. The molecule has 0 spiro atoms. The Hall–Kier alpha value is -1.51. The molecular formula is C18H26N2O. The summed E-state index contributed by atoms with van der Waals surface area (Å²) in [6, 6.07) is 8.86. The Balaban J connectivity index is 1.59. The molecule has 1 aromatic rings. The van der Waals surface area contributed by atoms with Crippen LogP contribution in [0.4, 0.5) is 5.69 Å². The van der Waals surface area contributed by atoms with Crippen molar-refractivity contribution in [3.05, 3.63) is 29.8 Å². The lowest BCUT2D eigenvalue weighted by molar-refractivity contribution is 0.0951. The second-order valence-electron chi connectivity index (χ2n) is 7.41. The molecule has 0 bridgehead atoms. The van der Waals surface area contributed by atoms with Gasteiger partial charge in [0.05, 0.1) is 0 Å². The van der Waals surface area contributed by atoms with Crippen LogP contribution in [-0.2, 0) is 0 Å². The lowest BCUT2D eigenvalue weighted by Crippen LogP contribution is -2.30. The highest BCUT2D eigenvalue weighted by atomic mass is 16.1. The molecule has 1 amide bonds. The van der Waals surface area contributed by atoms with Crippen LogP contribution in [-0.4, -0.2) is 18.0 Å². The van der Waals surface area contributed by atoms with E-state index >= 15 is 0 Å². The van der Waals surface area contributed by atoms with Crippen LogP contribution in [0, 0.1) is 5.41 Å². The van der Waals surface area contributed by atoms with Crippen LogP contribution in [0.15, 0.2) is 24.3 Å². The third-order valence-electron chi connectivity index (χ3n) is 4.75. The molecule has 0 aliphatic heterocycles. The van der Waals surface area contributed by atoms with Gasteiger partial charge in [-0.3, -0.25) is 4.79 Å². The number of rotatable bonds is 4. The van der Waals surface area contributed by atoms with Gasteiger partial charge in [-0.2, -0.15) is 0 Å². The summed E-state index contributed by atoms with van der Waals surface area (Å²) in [4.78, 5) is 12.1. The van der Waals surface area contributed by atoms with Crippen molar-refractivity contribution >= 4 is 11.6 Å². The van der Waals surface area contributed by atoms with Gasteiger partial charge in [0.15, 0.2) is 0 Å². The van der Waals surface area contributed by atoms with Crippen LogP contribution in [0.3, 0.4) is 0 Å². The normalized spacial score (nSPS) is 21.8. The second kappa shape index (κ2) is 5.70. The minimum absolute atomic E-state index is 0.0610. The fourth-order valence-electron chi connectivity index (χ4n) is 3.03. The number of nitrogens with one attached hydrogen (secondary N) is 2. The van der Waals surface area contributed by atoms with Gasteiger partial charge in [-0.1, -0.05) is 19.9 Å². The molecule has 2 fully saturated rings. The van der Waals surface area contributed by atoms with Crippen molar-refractivity contribution in [1.82, 2.24) is 5.32 Å². The molecule has 0 unspecified atom stereocenters. The predicted molar refractivity (Wildman–Crippen MR) is 86.6 cm³/mol. The van der Waals surface area contributed by atoms with E-state index in [1.807, 2.05) is 18.2 Å². The van der Waals surface area contributed by atoms with Crippen molar-refractivity contribution in [2.45, 2.75) is 64.5 Å². The molecule has 0 saturated heterocycles. The van der Waals surface area contributed by atoms with Crippen LogP contribution in [0.25, 0.3) is 0 Å². The molecule has 0 heterocycles. The summed E-state index contributed by atoms with van der Waals surface area (Å²) in [5.41, 5.74) is 2.33. The molecule has 114 valence electrons. The number of carbonyl (C=O) groups is 1. The quantitative estimate of drug-likeness (QED) is 0.879. The summed E-state index contributed by atoms with van der Waals surface area (Å²) in [5.74, 6) is 0.0610. The first kappa shape index (κ1) is 14.4. The summed E-state index contributed by atoms with van der Waals surface area (Å²) < 4.78 is 0. The Kier molecular flexibility index (Phi) is 3.92. The van der Waals surface area contributed by atoms with Gasteiger partial charge in [-0.15, -0.1) is 0 Å². The monoisotopic (exact) mass is 286 g/mol. The third kappa shape index (κ3) is 3.99. The van der Waals surface area contributed by atoms with Gasteiger partial charge in [0, 0.05) is 23.3 Å². The predicted octanol–water partition coefficient (Wildman–Crippen LogP) is 3.96. The number of carbonyl (C=O) groups excluding carboxylic acids is 1. The topological polar surface area (TPSA) is 41.1 Å². The SMILES string of the molecule is CC1(C)CCC(Nc2cccc(C(=O)NC3CC3)c2)CC1. The van der Waals surface area contributed by atoms with E-state index < -0.39 is 0 Å². The Morgan fingerprint density at radius 3 is 2.48 bits per heavy atom.